The van der Waals surface area contributed by atoms with Crippen LogP contribution in [-0.2, 0) is 6.54 Å². The lowest BCUT2D eigenvalue weighted by Crippen LogP contribution is -2.24. The highest BCUT2D eigenvalue weighted by Gasteiger charge is 2.11. The van der Waals surface area contributed by atoms with Crippen molar-refractivity contribution in [2.24, 2.45) is 0 Å². The predicted octanol–water partition coefficient (Wildman–Crippen LogP) is 3.92. The SMILES string of the molecule is CN(c1ccccc1)c1ccnc(C(=O)NCc2ccccc2F)c1. The molecule has 25 heavy (non-hydrogen) atoms. The van der Waals surface area contributed by atoms with Crippen molar-refractivity contribution in [3.63, 3.8) is 0 Å². The summed E-state index contributed by atoms with van der Waals surface area (Å²) >= 11 is 0. The van der Waals surface area contributed by atoms with Gasteiger partial charge in [-0.1, -0.05) is 36.4 Å². The number of carbonyl (C=O) groups is 1. The first-order chi connectivity index (χ1) is 12.1. The number of hydrogen-bond acceptors (Lipinski definition) is 3. The van der Waals surface area contributed by atoms with Crippen molar-refractivity contribution in [1.82, 2.24) is 10.3 Å². The number of pyridine rings is 1. The van der Waals surface area contributed by atoms with Gasteiger partial charge in [0.15, 0.2) is 0 Å². The molecule has 0 saturated carbocycles. The van der Waals surface area contributed by atoms with Crippen LogP contribution in [-0.4, -0.2) is 17.9 Å². The molecule has 3 aromatic rings. The number of nitrogens with one attached hydrogen (secondary N) is 1. The van der Waals surface area contributed by atoms with E-state index in [9.17, 15) is 9.18 Å². The normalized spacial score (nSPS) is 10.3. The Kier molecular flexibility index (Phi) is 5.04. The van der Waals surface area contributed by atoms with E-state index >= 15 is 0 Å². The molecule has 0 spiro atoms. The fourth-order valence-electron chi connectivity index (χ4n) is 2.46. The molecule has 0 atom stereocenters. The molecule has 0 saturated heterocycles. The minimum absolute atomic E-state index is 0.117. The van der Waals surface area contributed by atoms with Gasteiger partial charge in [0, 0.05) is 36.7 Å². The van der Waals surface area contributed by atoms with Crippen LogP contribution in [0.25, 0.3) is 0 Å². The summed E-state index contributed by atoms with van der Waals surface area (Å²) in [4.78, 5) is 18.4. The number of nitrogens with zero attached hydrogens (tertiary/aromatic N) is 2. The summed E-state index contributed by atoms with van der Waals surface area (Å²) in [6.45, 7) is 0.117. The largest absolute Gasteiger partial charge is 0.347 e. The van der Waals surface area contributed by atoms with E-state index in [1.807, 2.05) is 48.3 Å². The van der Waals surface area contributed by atoms with Gasteiger partial charge in [0.1, 0.15) is 11.5 Å². The quantitative estimate of drug-likeness (QED) is 0.769. The second-order valence-electron chi connectivity index (χ2n) is 5.57. The summed E-state index contributed by atoms with van der Waals surface area (Å²) in [5, 5.41) is 2.70. The van der Waals surface area contributed by atoms with E-state index in [-0.39, 0.29) is 24.0 Å². The Morgan fingerprint density at radius 2 is 1.76 bits per heavy atom. The highest BCUT2D eigenvalue weighted by atomic mass is 19.1. The first kappa shape index (κ1) is 16.6. The van der Waals surface area contributed by atoms with Gasteiger partial charge in [0.2, 0.25) is 0 Å². The fourth-order valence-corrected chi connectivity index (χ4v) is 2.46. The number of benzene rings is 2. The van der Waals surface area contributed by atoms with Crippen LogP contribution in [0, 0.1) is 5.82 Å². The van der Waals surface area contributed by atoms with Gasteiger partial charge in [-0.05, 0) is 30.3 Å². The summed E-state index contributed by atoms with van der Waals surface area (Å²) in [7, 11) is 1.92. The lowest BCUT2D eigenvalue weighted by molar-refractivity contribution is 0.0945. The number of carbonyl (C=O) groups excluding carboxylic acids is 1. The van der Waals surface area contributed by atoms with Crippen LogP contribution in [0.5, 0.6) is 0 Å². The molecule has 1 N–H and O–H groups in total. The molecule has 1 amide bonds. The zero-order chi connectivity index (χ0) is 17.6. The Balaban J connectivity index is 1.72. The van der Waals surface area contributed by atoms with E-state index in [0.717, 1.165) is 11.4 Å². The monoisotopic (exact) mass is 335 g/mol. The standard InChI is InChI=1S/C20H18FN3O/c1-24(16-8-3-2-4-9-16)17-11-12-22-19(13-17)20(25)23-14-15-7-5-6-10-18(15)21/h2-13H,14H2,1H3,(H,23,25). The molecule has 0 fully saturated rings. The maximum absolute atomic E-state index is 13.6. The zero-order valence-electron chi connectivity index (χ0n) is 13.8. The van der Waals surface area contributed by atoms with Crippen LogP contribution in [0.1, 0.15) is 16.1 Å². The molecule has 2 aromatic carbocycles. The van der Waals surface area contributed by atoms with E-state index in [1.54, 1.807) is 30.5 Å². The van der Waals surface area contributed by atoms with Crippen molar-refractivity contribution in [3.8, 4) is 0 Å². The van der Waals surface area contributed by atoms with Gasteiger partial charge in [-0.25, -0.2) is 4.39 Å². The maximum atomic E-state index is 13.6. The van der Waals surface area contributed by atoms with Crippen molar-refractivity contribution >= 4 is 17.3 Å². The van der Waals surface area contributed by atoms with Crippen molar-refractivity contribution in [3.05, 3.63) is 90.0 Å². The predicted molar refractivity (Wildman–Crippen MR) is 96.3 cm³/mol. The minimum Gasteiger partial charge on any atom is -0.347 e. The average molecular weight is 335 g/mol. The van der Waals surface area contributed by atoms with E-state index in [0.29, 0.717) is 5.56 Å². The number of halogens is 1. The maximum Gasteiger partial charge on any atom is 0.270 e. The third-order valence-corrected chi connectivity index (χ3v) is 3.90. The Bertz CT molecular complexity index is 868. The smallest absolute Gasteiger partial charge is 0.270 e. The van der Waals surface area contributed by atoms with Crippen LogP contribution in [0.4, 0.5) is 15.8 Å². The van der Waals surface area contributed by atoms with Gasteiger partial charge in [-0.15, -0.1) is 0 Å². The van der Waals surface area contributed by atoms with Crippen LogP contribution < -0.4 is 10.2 Å². The van der Waals surface area contributed by atoms with Crippen molar-refractivity contribution in [2.45, 2.75) is 6.54 Å². The Hall–Kier alpha value is -3.21. The topological polar surface area (TPSA) is 45.2 Å². The number of aromatic nitrogens is 1. The van der Waals surface area contributed by atoms with Crippen molar-refractivity contribution in [2.75, 3.05) is 11.9 Å². The third kappa shape index (κ3) is 4.01. The summed E-state index contributed by atoms with van der Waals surface area (Å²) in [5.41, 5.74) is 2.58. The molecule has 0 aliphatic rings. The highest BCUT2D eigenvalue weighted by Crippen LogP contribution is 2.23. The van der Waals surface area contributed by atoms with Crippen LogP contribution >= 0.6 is 0 Å². The Morgan fingerprint density at radius 3 is 2.52 bits per heavy atom. The zero-order valence-corrected chi connectivity index (χ0v) is 13.8. The molecule has 0 unspecified atom stereocenters. The first-order valence-corrected chi connectivity index (χ1v) is 7.91. The molecule has 126 valence electrons. The lowest BCUT2D eigenvalue weighted by atomic mass is 10.2. The molecule has 3 rings (SSSR count). The van der Waals surface area contributed by atoms with Gasteiger partial charge in [-0.2, -0.15) is 0 Å². The van der Waals surface area contributed by atoms with Gasteiger partial charge in [0.25, 0.3) is 5.91 Å². The molecule has 4 nitrogen and oxygen atoms in total. The van der Waals surface area contributed by atoms with Gasteiger partial charge < -0.3 is 10.2 Å². The molecule has 0 radical (unpaired) electrons. The minimum atomic E-state index is -0.341. The highest BCUT2D eigenvalue weighted by molar-refractivity contribution is 5.93. The molecule has 1 aromatic heterocycles. The van der Waals surface area contributed by atoms with E-state index in [2.05, 4.69) is 10.3 Å². The van der Waals surface area contributed by atoms with Crippen LogP contribution in [0.15, 0.2) is 72.9 Å². The van der Waals surface area contributed by atoms with Gasteiger partial charge in [-0.3, -0.25) is 9.78 Å². The van der Waals surface area contributed by atoms with E-state index in [4.69, 9.17) is 0 Å². The summed E-state index contributed by atoms with van der Waals surface area (Å²) in [6, 6.07) is 19.7. The summed E-state index contributed by atoms with van der Waals surface area (Å²) in [6.07, 6.45) is 1.59. The number of amides is 1. The fraction of sp³-hybridized carbons (Fsp3) is 0.100. The molecule has 0 aliphatic heterocycles. The Morgan fingerprint density at radius 1 is 1.04 bits per heavy atom. The average Bonchev–Trinajstić information content (AvgIpc) is 2.67. The molecular weight excluding hydrogens is 317 g/mol. The molecule has 0 aliphatic carbocycles. The number of hydrogen-bond donors (Lipinski definition) is 1. The number of rotatable bonds is 5. The van der Waals surface area contributed by atoms with Crippen LogP contribution in [0.2, 0.25) is 0 Å². The number of para-hydroxylation sites is 1. The third-order valence-electron chi connectivity index (χ3n) is 3.90. The van der Waals surface area contributed by atoms with E-state index in [1.165, 1.54) is 6.07 Å². The number of anilines is 2. The first-order valence-electron chi connectivity index (χ1n) is 7.91. The second-order valence-corrected chi connectivity index (χ2v) is 5.57. The molecular formula is C20H18FN3O. The van der Waals surface area contributed by atoms with Crippen molar-refractivity contribution < 1.29 is 9.18 Å². The molecule has 0 bridgehead atoms. The lowest BCUT2D eigenvalue weighted by Gasteiger charge is -2.19. The Labute approximate surface area is 145 Å². The van der Waals surface area contributed by atoms with Gasteiger partial charge in [0.05, 0.1) is 0 Å². The summed E-state index contributed by atoms with van der Waals surface area (Å²) < 4.78 is 13.6. The second kappa shape index (κ2) is 7.57. The molecule has 1 heterocycles. The van der Waals surface area contributed by atoms with Crippen molar-refractivity contribution in [1.29, 1.82) is 0 Å². The summed E-state index contributed by atoms with van der Waals surface area (Å²) in [5.74, 6) is -0.681. The van der Waals surface area contributed by atoms with Crippen LogP contribution in [0.3, 0.4) is 0 Å². The van der Waals surface area contributed by atoms with E-state index < -0.39 is 0 Å². The van der Waals surface area contributed by atoms with Gasteiger partial charge >= 0.3 is 0 Å². The molecule has 5 heteroatoms.